The normalized spacial score (nSPS) is 12.5. The second-order valence-corrected chi connectivity index (χ2v) is 4.03. The molecular weight excluding hydrogens is 203 g/mol. The Labute approximate surface area is 97.2 Å². The lowest BCUT2D eigenvalue weighted by Crippen LogP contribution is -2.29. The number of hydrogen-bond donors (Lipinski definition) is 2. The van der Waals surface area contributed by atoms with E-state index in [9.17, 15) is 0 Å². The molecule has 1 aromatic carbocycles. The van der Waals surface area contributed by atoms with Crippen LogP contribution >= 0.6 is 0 Å². The molecule has 0 radical (unpaired) electrons. The van der Waals surface area contributed by atoms with E-state index in [2.05, 4.69) is 13.8 Å². The fourth-order valence-corrected chi connectivity index (χ4v) is 1.51. The highest BCUT2D eigenvalue weighted by Gasteiger charge is 2.09. The molecule has 3 nitrogen and oxygen atoms in total. The van der Waals surface area contributed by atoms with Crippen molar-refractivity contribution < 1.29 is 14.8 Å². The van der Waals surface area contributed by atoms with Crippen LogP contribution < -0.4 is 5.46 Å². The topological polar surface area (TPSA) is 49.7 Å². The van der Waals surface area contributed by atoms with E-state index < -0.39 is 7.12 Å². The Kier molecular flexibility index (Phi) is 5.53. The molecule has 0 saturated heterocycles. The Morgan fingerprint density at radius 2 is 1.88 bits per heavy atom. The van der Waals surface area contributed by atoms with Crippen molar-refractivity contribution in [3.05, 3.63) is 29.8 Å². The van der Waals surface area contributed by atoms with Crippen LogP contribution in [0.25, 0.3) is 0 Å². The Morgan fingerprint density at radius 3 is 2.38 bits per heavy atom. The monoisotopic (exact) mass is 222 g/mol. The average molecular weight is 222 g/mol. The fourth-order valence-electron chi connectivity index (χ4n) is 1.51. The minimum absolute atomic E-state index is 0.271. The lowest BCUT2D eigenvalue weighted by molar-refractivity contribution is 0.0472. The van der Waals surface area contributed by atoms with Gasteiger partial charge in [-0.25, -0.2) is 0 Å². The quantitative estimate of drug-likeness (QED) is 0.708. The highest BCUT2D eigenvalue weighted by molar-refractivity contribution is 6.58. The summed E-state index contributed by atoms with van der Waals surface area (Å²) in [6.45, 7) is 4.77. The van der Waals surface area contributed by atoms with E-state index in [4.69, 9.17) is 14.8 Å². The summed E-state index contributed by atoms with van der Waals surface area (Å²) in [6, 6.07) is 7.11. The van der Waals surface area contributed by atoms with Gasteiger partial charge in [0, 0.05) is 0 Å². The number of ether oxygens (including phenoxy) is 1. The van der Waals surface area contributed by atoms with Gasteiger partial charge in [0.1, 0.15) is 0 Å². The van der Waals surface area contributed by atoms with Gasteiger partial charge < -0.3 is 14.8 Å². The van der Waals surface area contributed by atoms with E-state index in [1.54, 1.807) is 12.1 Å². The van der Waals surface area contributed by atoms with Crippen molar-refractivity contribution in [3.63, 3.8) is 0 Å². The van der Waals surface area contributed by atoms with E-state index in [1.807, 2.05) is 12.1 Å². The lowest BCUT2D eigenvalue weighted by Gasteiger charge is -2.12. The molecule has 0 aromatic heterocycles. The Hall–Kier alpha value is -0.835. The Balaban J connectivity index is 2.43. The zero-order chi connectivity index (χ0) is 12.0. The standard InChI is InChI=1S/C12H19BO3/c1-3-4-10(2)16-9-11-5-7-12(8-6-11)13(14)15/h5-8,10,14-15H,3-4,9H2,1-2H3. The average Bonchev–Trinajstić information content (AvgIpc) is 2.27. The molecule has 16 heavy (non-hydrogen) atoms. The van der Waals surface area contributed by atoms with Crippen LogP contribution in [0.3, 0.4) is 0 Å². The summed E-state index contributed by atoms with van der Waals surface area (Å²) in [4.78, 5) is 0. The summed E-state index contributed by atoms with van der Waals surface area (Å²) in [5, 5.41) is 17.9. The van der Waals surface area contributed by atoms with Gasteiger partial charge in [0.15, 0.2) is 0 Å². The highest BCUT2D eigenvalue weighted by Crippen LogP contribution is 2.06. The van der Waals surface area contributed by atoms with Crippen molar-refractivity contribution in [3.8, 4) is 0 Å². The van der Waals surface area contributed by atoms with E-state index >= 15 is 0 Å². The summed E-state index contributed by atoms with van der Waals surface area (Å²) < 4.78 is 5.64. The van der Waals surface area contributed by atoms with Crippen molar-refractivity contribution >= 4 is 12.6 Å². The van der Waals surface area contributed by atoms with Crippen molar-refractivity contribution in [2.24, 2.45) is 0 Å². The van der Waals surface area contributed by atoms with Gasteiger partial charge in [0.25, 0.3) is 0 Å². The van der Waals surface area contributed by atoms with Gasteiger partial charge in [-0.1, -0.05) is 37.6 Å². The smallest absolute Gasteiger partial charge is 0.423 e. The van der Waals surface area contributed by atoms with Crippen LogP contribution in [0, 0.1) is 0 Å². The lowest BCUT2D eigenvalue weighted by atomic mass is 9.80. The second-order valence-electron chi connectivity index (χ2n) is 4.03. The van der Waals surface area contributed by atoms with Crippen molar-refractivity contribution in [2.45, 2.75) is 39.4 Å². The van der Waals surface area contributed by atoms with Crippen LogP contribution in [0.2, 0.25) is 0 Å². The molecule has 0 saturated carbocycles. The van der Waals surface area contributed by atoms with Gasteiger partial charge >= 0.3 is 7.12 Å². The van der Waals surface area contributed by atoms with Crippen LogP contribution in [0.1, 0.15) is 32.3 Å². The molecule has 88 valence electrons. The predicted octanol–water partition coefficient (Wildman–Crippen LogP) is 1.07. The van der Waals surface area contributed by atoms with Crippen LogP contribution in [-0.4, -0.2) is 23.3 Å². The number of rotatable bonds is 6. The Morgan fingerprint density at radius 1 is 1.25 bits per heavy atom. The van der Waals surface area contributed by atoms with E-state index in [0.29, 0.717) is 12.1 Å². The molecule has 0 amide bonds. The summed E-state index contributed by atoms with van der Waals surface area (Å²) in [5.74, 6) is 0. The van der Waals surface area contributed by atoms with Gasteiger partial charge in [-0.3, -0.25) is 0 Å². The minimum Gasteiger partial charge on any atom is -0.423 e. The minimum atomic E-state index is -1.39. The molecule has 0 aliphatic heterocycles. The van der Waals surface area contributed by atoms with E-state index in [1.165, 1.54) is 0 Å². The third-order valence-corrected chi connectivity index (χ3v) is 2.51. The van der Waals surface area contributed by atoms with Gasteiger partial charge in [0.05, 0.1) is 12.7 Å². The van der Waals surface area contributed by atoms with Crippen LogP contribution in [0.4, 0.5) is 0 Å². The molecule has 1 aromatic rings. The maximum Gasteiger partial charge on any atom is 0.488 e. The van der Waals surface area contributed by atoms with Crippen LogP contribution in [0.5, 0.6) is 0 Å². The maximum atomic E-state index is 8.93. The first kappa shape index (κ1) is 13.2. The predicted molar refractivity (Wildman–Crippen MR) is 65.4 cm³/mol. The summed E-state index contributed by atoms with van der Waals surface area (Å²) in [7, 11) is -1.39. The van der Waals surface area contributed by atoms with Gasteiger partial charge in [0.2, 0.25) is 0 Å². The second kappa shape index (κ2) is 6.68. The molecule has 0 heterocycles. The highest BCUT2D eigenvalue weighted by atomic mass is 16.5. The van der Waals surface area contributed by atoms with Gasteiger partial charge in [-0.05, 0) is 24.4 Å². The molecule has 0 aliphatic rings. The molecule has 0 bridgehead atoms. The molecule has 4 heteroatoms. The van der Waals surface area contributed by atoms with Crippen LogP contribution in [0.15, 0.2) is 24.3 Å². The molecule has 0 aliphatic carbocycles. The van der Waals surface area contributed by atoms with Crippen molar-refractivity contribution in [1.82, 2.24) is 0 Å². The molecule has 0 fully saturated rings. The molecule has 1 atom stereocenters. The van der Waals surface area contributed by atoms with Crippen molar-refractivity contribution in [2.75, 3.05) is 0 Å². The first-order valence-corrected chi connectivity index (χ1v) is 5.70. The molecule has 1 unspecified atom stereocenters. The summed E-state index contributed by atoms with van der Waals surface area (Å²) in [6.07, 6.45) is 2.46. The third-order valence-electron chi connectivity index (χ3n) is 2.51. The summed E-state index contributed by atoms with van der Waals surface area (Å²) >= 11 is 0. The van der Waals surface area contributed by atoms with Gasteiger partial charge in [-0.2, -0.15) is 0 Å². The third kappa shape index (κ3) is 4.35. The first-order chi connectivity index (χ1) is 7.63. The van der Waals surface area contributed by atoms with Gasteiger partial charge in [-0.15, -0.1) is 0 Å². The zero-order valence-electron chi connectivity index (χ0n) is 9.89. The van der Waals surface area contributed by atoms with E-state index in [0.717, 1.165) is 18.4 Å². The molecule has 2 N–H and O–H groups in total. The van der Waals surface area contributed by atoms with E-state index in [-0.39, 0.29) is 6.10 Å². The van der Waals surface area contributed by atoms with Crippen LogP contribution in [-0.2, 0) is 11.3 Å². The fraction of sp³-hybridized carbons (Fsp3) is 0.500. The SMILES string of the molecule is CCCC(C)OCc1ccc(B(O)O)cc1. The summed E-state index contributed by atoms with van der Waals surface area (Å²) in [5.41, 5.74) is 1.55. The number of benzene rings is 1. The molecule has 0 spiro atoms. The van der Waals surface area contributed by atoms with Crippen molar-refractivity contribution in [1.29, 1.82) is 0 Å². The first-order valence-electron chi connectivity index (χ1n) is 5.70. The molecule has 1 rings (SSSR count). The largest absolute Gasteiger partial charge is 0.488 e. The number of hydrogen-bond acceptors (Lipinski definition) is 3. The Bertz CT molecular complexity index is 298. The molecular formula is C12H19BO3. The zero-order valence-corrected chi connectivity index (χ0v) is 9.89. The maximum absolute atomic E-state index is 8.93.